The van der Waals surface area contributed by atoms with Crippen molar-refractivity contribution in [3.05, 3.63) is 0 Å². The molecule has 0 heterocycles. The molecule has 0 fully saturated rings. The smallest absolute Gasteiger partial charge is 0.220 e. The largest absolute Gasteiger partial charge is 0.350 e. The number of carbonyl (C=O) groups excluding carboxylic acids is 1. The van der Waals surface area contributed by atoms with Gasteiger partial charge in [0.1, 0.15) is 0 Å². The quantitative estimate of drug-likeness (QED) is 0.559. The lowest BCUT2D eigenvalue weighted by Gasteiger charge is -2.29. The van der Waals surface area contributed by atoms with Crippen molar-refractivity contribution < 1.29 is 4.79 Å². The zero-order valence-electron chi connectivity index (χ0n) is 10.4. The van der Waals surface area contributed by atoms with Crippen LogP contribution in [0.2, 0.25) is 0 Å². The Kier molecular flexibility index (Phi) is 7.24. The van der Waals surface area contributed by atoms with Crippen molar-refractivity contribution in [1.82, 2.24) is 5.32 Å². The average Bonchev–Trinajstić information content (AvgIpc) is 2.11. The fourth-order valence-electron chi connectivity index (χ4n) is 1.23. The molecule has 0 aliphatic heterocycles. The average molecular weight is 278 g/mol. The van der Waals surface area contributed by atoms with Crippen LogP contribution in [-0.4, -0.2) is 16.3 Å². The molecule has 1 amide bonds. The Labute approximate surface area is 102 Å². The SMILES string of the molecule is CCCCCCC(=O)NC(C)(C)C(C)Br. The molecule has 1 unspecified atom stereocenters. The summed E-state index contributed by atoms with van der Waals surface area (Å²) in [5.74, 6) is 0.169. The van der Waals surface area contributed by atoms with Gasteiger partial charge in [0.05, 0.1) is 0 Å². The van der Waals surface area contributed by atoms with E-state index in [2.05, 4.69) is 35.1 Å². The monoisotopic (exact) mass is 277 g/mol. The Balaban J connectivity index is 3.74. The number of carbonyl (C=O) groups is 1. The third kappa shape index (κ3) is 6.93. The molecule has 0 rings (SSSR count). The van der Waals surface area contributed by atoms with Gasteiger partial charge in [0.15, 0.2) is 0 Å². The maximum absolute atomic E-state index is 11.6. The molecule has 3 heteroatoms. The molecule has 0 aromatic heterocycles. The van der Waals surface area contributed by atoms with E-state index in [9.17, 15) is 4.79 Å². The van der Waals surface area contributed by atoms with Crippen LogP contribution in [0.3, 0.4) is 0 Å². The normalized spacial score (nSPS) is 13.7. The van der Waals surface area contributed by atoms with Crippen LogP contribution < -0.4 is 5.32 Å². The van der Waals surface area contributed by atoms with Crippen molar-refractivity contribution in [3.63, 3.8) is 0 Å². The first kappa shape index (κ1) is 14.9. The van der Waals surface area contributed by atoms with Gasteiger partial charge in [-0.1, -0.05) is 49.0 Å². The van der Waals surface area contributed by atoms with E-state index in [0.29, 0.717) is 6.42 Å². The molecule has 1 atom stereocenters. The van der Waals surface area contributed by atoms with Gasteiger partial charge in [0.2, 0.25) is 5.91 Å². The van der Waals surface area contributed by atoms with Crippen LogP contribution in [0.15, 0.2) is 0 Å². The molecular weight excluding hydrogens is 254 g/mol. The lowest BCUT2D eigenvalue weighted by molar-refractivity contribution is -0.122. The van der Waals surface area contributed by atoms with Crippen LogP contribution >= 0.6 is 15.9 Å². The van der Waals surface area contributed by atoms with E-state index in [1.165, 1.54) is 12.8 Å². The van der Waals surface area contributed by atoms with Crippen molar-refractivity contribution in [2.75, 3.05) is 0 Å². The molecule has 1 N–H and O–H groups in total. The lowest BCUT2D eigenvalue weighted by Crippen LogP contribution is -2.48. The van der Waals surface area contributed by atoms with Crippen LogP contribution in [0.1, 0.15) is 59.8 Å². The Hall–Kier alpha value is -0.0500. The van der Waals surface area contributed by atoms with Crippen LogP contribution in [0.25, 0.3) is 0 Å². The molecule has 0 bridgehead atoms. The minimum Gasteiger partial charge on any atom is -0.350 e. The molecule has 0 aromatic carbocycles. The molecule has 90 valence electrons. The Morgan fingerprint density at radius 2 is 1.93 bits per heavy atom. The van der Waals surface area contributed by atoms with Gasteiger partial charge < -0.3 is 5.32 Å². The van der Waals surface area contributed by atoms with Gasteiger partial charge in [0, 0.05) is 16.8 Å². The first-order valence-electron chi connectivity index (χ1n) is 5.85. The fourth-order valence-corrected chi connectivity index (χ4v) is 1.35. The van der Waals surface area contributed by atoms with E-state index in [0.717, 1.165) is 12.8 Å². The molecule has 0 radical (unpaired) electrons. The number of alkyl halides is 1. The minimum atomic E-state index is -0.165. The first-order chi connectivity index (χ1) is 6.90. The summed E-state index contributed by atoms with van der Waals surface area (Å²) >= 11 is 3.50. The molecule has 0 aromatic rings. The van der Waals surface area contributed by atoms with Crippen molar-refractivity contribution in [1.29, 1.82) is 0 Å². The zero-order valence-corrected chi connectivity index (χ0v) is 12.0. The van der Waals surface area contributed by atoms with E-state index in [1.807, 2.05) is 13.8 Å². The summed E-state index contributed by atoms with van der Waals surface area (Å²) in [6.45, 7) is 8.31. The molecule has 15 heavy (non-hydrogen) atoms. The number of rotatable bonds is 7. The lowest BCUT2D eigenvalue weighted by atomic mass is 10.0. The summed E-state index contributed by atoms with van der Waals surface area (Å²) in [6.07, 6.45) is 5.26. The van der Waals surface area contributed by atoms with Gasteiger partial charge in [-0.2, -0.15) is 0 Å². The number of hydrogen-bond acceptors (Lipinski definition) is 1. The Morgan fingerprint density at radius 3 is 2.40 bits per heavy atom. The number of nitrogens with one attached hydrogen (secondary N) is 1. The molecule has 2 nitrogen and oxygen atoms in total. The van der Waals surface area contributed by atoms with E-state index >= 15 is 0 Å². The topological polar surface area (TPSA) is 29.1 Å². The van der Waals surface area contributed by atoms with Gasteiger partial charge in [-0.3, -0.25) is 4.79 Å². The molecule has 0 aliphatic rings. The standard InChI is InChI=1S/C12H24BrNO/c1-5-6-7-8-9-11(15)14-12(3,4)10(2)13/h10H,5-9H2,1-4H3,(H,14,15). The second kappa shape index (κ2) is 7.26. The maximum atomic E-state index is 11.6. The third-order valence-corrected chi connectivity index (χ3v) is 3.86. The Bertz CT molecular complexity index is 190. The van der Waals surface area contributed by atoms with Crippen LogP contribution in [0.4, 0.5) is 0 Å². The zero-order chi connectivity index (χ0) is 11.9. The van der Waals surface area contributed by atoms with Gasteiger partial charge in [0.25, 0.3) is 0 Å². The Morgan fingerprint density at radius 1 is 1.33 bits per heavy atom. The van der Waals surface area contributed by atoms with Crippen LogP contribution in [0.5, 0.6) is 0 Å². The summed E-state index contributed by atoms with van der Waals surface area (Å²) in [5.41, 5.74) is -0.165. The van der Waals surface area contributed by atoms with E-state index in [1.54, 1.807) is 0 Å². The fraction of sp³-hybridized carbons (Fsp3) is 0.917. The molecule has 0 saturated carbocycles. The van der Waals surface area contributed by atoms with Gasteiger partial charge in [-0.25, -0.2) is 0 Å². The highest BCUT2D eigenvalue weighted by molar-refractivity contribution is 9.09. The van der Waals surface area contributed by atoms with E-state index in [-0.39, 0.29) is 16.3 Å². The number of amides is 1. The molecular formula is C12H24BrNO. The van der Waals surface area contributed by atoms with Crippen molar-refractivity contribution in [2.45, 2.75) is 70.2 Å². The first-order valence-corrected chi connectivity index (χ1v) is 6.76. The highest BCUT2D eigenvalue weighted by Gasteiger charge is 2.25. The summed E-state index contributed by atoms with van der Waals surface area (Å²) in [5, 5.41) is 3.05. The second-order valence-corrected chi connectivity index (χ2v) is 6.07. The van der Waals surface area contributed by atoms with Gasteiger partial charge in [-0.15, -0.1) is 0 Å². The molecule has 0 spiro atoms. The number of hydrogen-bond donors (Lipinski definition) is 1. The third-order valence-electron chi connectivity index (χ3n) is 2.71. The molecule has 0 aliphatic carbocycles. The number of halogens is 1. The predicted octanol–water partition coefficient (Wildman–Crippen LogP) is 3.64. The van der Waals surface area contributed by atoms with E-state index in [4.69, 9.17) is 0 Å². The summed E-state index contributed by atoms with van der Waals surface area (Å²) < 4.78 is 0. The molecule has 0 saturated heterocycles. The van der Waals surface area contributed by atoms with Gasteiger partial charge >= 0.3 is 0 Å². The number of unbranched alkanes of at least 4 members (excludes halogenated alkanes) is 3. The maximum Gasteiger partial charge on any atom is 0.220 e. The van der Waals surface area contributed by atoms with Crippen molar-refractivity contribution in [2.24, 2.45) is 0 Å². The summed E-state index contributed by atoms with van der Waals surface area (Å²) in [7, 11) is 0. The summed E-state index contributed by atoms with van der Waals surface area (Å²) in [6, 6.07) is 0. The minimum absolute atomic E-state index is 0.165. The predicted molar refractivity (Wildman–Crippen MR) is 69.4 cm³/mol. The van der Waals surface area contributed by atoms with Crippen molar-refractivity contribution >= 4 is 21.8 Å². The van der Waals surface area contributed by atoms with Crippen molar-refractivity contribution in [3.8, 4) is 0 Å². The highest BCUT2D eigenvalue weighted by atomic mass is 79.9. The highest BCUT2D eigenvalue weighted by Crippen LogP contribution is 2.17. The van der Waals surface area contributed by atoms with Crippen LogP contribution in [0, 0.1) is 0 Å². The summed E-state index contributed by atoms with van der Waals surface area (Å²) in [4.78, 5) is 11.9. The van der Waals surface area contributed by atoms with Crippen LogP contribution in [-0.2, 0) is 4.79 Å². The van der Waals surface area contributed by atoms with Gasteiger partial charge in [-0.05, 0) is 20.3 Å². The van der Waals surface area contributed by atoms with E-state index < -0.39 is 0 Å². The second-order valence-electron chi connectivity index (χ2n) is 4.70.